The van der Waals surface area contributed by atoms with E-state index < -0.39 is 8.07 Å². The van der Waals surface area contributed by atoms with Crippen LogP contribution in [0.2, 0.25) is 19.6 Å². The lowest BCUT2D eigenvalue weighted by Crippen LogP contribution is -2.16. The number of rotatable bonds is 2. The molecule has 0 aliphatic heterocycles. The van der Waals surface area contributed by atoms with Gasteiger partial charge >= 0.3 is 0 Å². The minimum absolute atomic E-state index is 1.09. The first-order valence-electron chi connectivity index (χ1n) is 11.1. The van der Waals surface area contributed by atoms with E-state index in [1.807, 2.05) is 0 Å². The molecule has 154 valence electrons. The van der Waals surface area contributed by atoms with Crippen LogP contribution in [0.15, 0.2) is 103 Å². The van der Waals surface area contributed by atoms with Crippen LogP contribution >= 0.6 is 0 Å². The zero-order valence-corrected chi connectivity index (χ0v) is 19.8. The van der Waals surface area contributed by atoms with Crippen molar-refractivity contribution >= 4 is 29.6 Å². The smallest absolute Gasteiger partial charge is 0.127 e. The van der Waals surface area contributed by atoms with Crippen LogP contribution in [0.25, 0.3) is 43.8 Å². The predicted octanol–water partition coefficient (Wildman–Crippen LogP) is 8.56. The molecule has 0 heterocycles. The minimum atomic E-state index is -1.43. The van der Waals surface area contributed by atoms with E-state index in [1.165, 1.54) is 43.8 Å². The van der Waals surface area contributed by atoms with E-state index in [1.54, 1.807) is 0 Å². The molecule has 0 spiro atoms. The van der Waals surface area contributed by atoms with E-state index in [0.29, 0.717) is 0 Å². The maximum atomic E-state index is 3.51. The van der Waals surface area contributed by atoms with Gasteiger partial charge in [-0.25, -0.2) is 0 Å². The summed E-state index contributed by atoms with van der Waals surface area (Å²) in [6, 6.07) is 37.0. The van der Waals surface area contributed by atoms with Gasteiger partial charge in [0.25, 0.3) is 0 Å². The summed E-state index contributed by atoms with van der Waals surface area (Å²) in [5, 5.41) is 5.12. The largest absolute Gasteiger partial charge is 0.129 e. The maximum absolute atomic E-state index is 3.51. The molecule has 0 saturated carbocycles. The predicted molar refractivity (Wildman–Crippen MR) is 143 cm³/mol. The van der Waals surface area contributed by atoms with Crippen LogP contribution in [-0.4, -0.2) is 8.07 Å². The van der Waals surface area contributed by atoms with Crippen molar-refractivity contribution in [2.45, 2.75) is 19.6 Å². The van der Waals surface area contributed by atoms with Crippen molar-refractivity contribution in [3.05, 3.63) is 109 Å². The molecule has 0 aromatic heterocycles. The Kier molecular flexibility index (Phi) is 5.17. The van der Waals surface area contributed by atoms with Crippen LogP contribution in [0.5, 0.6) is 0 Å². The van der Waals surface area contributed by atoms with Gasteiger partial charge in [0.2, 0.25) is 0 Å². The van der Waals surface area contributed by atoms with Crippen molar-refractivity contribution in [2.24, 2.45) is 0 Å². The van der Waals surface area contributed by atoms with E-state index in [0.717, 1.165) is 5.56 Å². The second kappa shape index (κ2) is 8.15. The average molecular weight is 427 g/mol. The second-order valence-corrected chi connectivity index (χ2v) is 14.0. The molecule has 0 unspecified atom stereocenters. The molecule has 0 atom stereocenters. The van der Waals surface area contributed by atoms with E-state index in [2.05, 4.69) is 134 Å². The molecule has 0 saturated heterocycles. The molecule has 5 aromatic carbocycles. The van der Waals surface area contributed by atoms with Crippen molar-refractivity contribution in [3.63, 3.8) is 0 Å². The van der Waals surface area contributed by atoms with Crippen molar-refractivity contribution in [3.8, 4) is 33.7 Å². The van der Waals surface area contributed by atoms with E-state index >= 15 is 0 Å². The number of benzene rings is 5. The monoisotopic (exact) mass is 426 g/mol. The molecule has 0 radical (unpaired) electrons. The Balaban J connectivity index is 1.85. The summed E-state index contributed by atoms with van der Waals surface area (Å²) in [5.41, 5.74) is 9.66. The first-order chi connectivity index (χ1) is 15.5. The fourth-order valence-electron chi connectivity index (χ4n) is 4.37. The van der Waals surface area contributed by atoms with Gasteiger partial charge in [0.1, 0.15) is 8.07 Å². The van der Waals surface area contributed by atoms with Crippen LogP contribution < -0.4 is 0 Å². The topological polar surface area (TPSA) is 0 Å². The lowest BCUT2D eigenvalue weighted by Gasteiger charge is -2.17. The first kappa shape index (κ1) is 20.3. The fourth-order valence-corrected chi connectivity index (χ4v) is 4.89. The minimum Gasteiger partial charge on any atom is -0.127 e. The van der Waals surface area contributed by atoms with E-state index in [-0.39, 0.29) is 0 Å². The highest BCUT2D eigenvalue weighted by Crippen LogP contribution is 2.43. The Bertz CT molecular complexity index is 1440. The van der Waals surface area contributed by atoms with Crippen molar-refractivity contribution in [1.82, 2.24) is 0 Å². The number of fused-ring (bicyclic) bond motifs is 2. The molecule has 0 amide bonds. The molecule has 0 N–H and O–H groups in total. The second-order valence-electron chi connectivity index (χ2n) is 9.29. The molecule has 5 aromatic rings. The molecule has 0 aliphatic carbocycles. The Hall–Kier alpha value is -3.60. The highest BCUT2D eigenvalue weighted by atomic mass is 28.3. The van der Waals surface area contributed by atoms with E-state index in [4.69, 9.17) is 0 Å². The lowest BCUT2D eigenvalue weighted by molar-refractivity contribution is 1.62. The Labute approximate surface area is 191 Å². The molecule has 32 heavy (non-hydrogen) atoms. The third kappa shape index (κ3) is 3.86. The molecule has 1 heteroatoms. The van der Waals surface area contributed by atoms with Crippen molar-refractivity contribution < 1.29 is 0 Å². The fraction of sp³-hybridized carbons (Fsp3) is 0.0968. The normalized spacial score (nSPS) is 11.3. The highest BCUT2D eigenvalue weighted by molar-refractivity contribution is 6.83. The summed E-state index contributed by atoms with van der Waals surface area (Å²) in [7, 11) is -1.43. The van der Waals surface area contributed by atoms with Gasteiger partial charge in [-0.2, -0.15) is 0 Å². The third-order valence-electron chi connectivity index (χ3n) is 5.73. The van der Waals surface area contributed by atoms with Gasteiger partial charge < -0.3 is 0 Å². The van der Waals surface area contributed by atoms with Gasteiger partial charge in [0, 0.05) is 5.56 Å². The lowest BCUT2D eigenvalue weighted by atomic mass is 9.86. The van der Waals surface area contributed by atoms with Gasteiger partial charge in [-0.3, -0.25) is 0 Å². The molecule has 0 nitrogen and oxygen atoms in total. The zero-order valence-electron chi connectivity index (χ0n) is 18.8. The van der Waals surface area contributed by atoms with Gasteiger partial charge in [-0.1, -0.05) is 117 Å². The summed E-state index contributed by atoms with van der Waals surface area (Å²) in [4.78, 5) is 0. The third-order valence-corrected chi connectivity index (χ3v) is 6.60. The summed E-state index contributed by atoms with van der Waals surface area (Å²) in [6.45, 7) is 6.85. The molecular weight excluding hydrogens is 400 g/mol. The molecular formula is C31H26Si. The maximum Gasteiger partial charge on any atom is 0.129 e. The Morgan fingerprint density at radius 3 is 1.50 bits per heavy atom. The SMILES string of the molecule is C[Si](C)(C)C#Cc1cccc(-c2c3ccccc3c(-c3ccccc3)c3ccccc23)c1. The van der Waals surface area contributed by atoms with Crippen molar-refractivity contribution in [2.75, 3.05) is 0 Å². The highest BCUT2D eigenvalue weighted by Gasteiger charge is 2.16. The molecule has 5 rings (SSSR count). The van der Waals surface area contributed by atoms with Crippen LogP contribution in [0.1, 0.15) is 5.56 Å². The zero-order chi connectivity index (χ0) is 22.1. The quantitative estimate of drug-likeness (QED) is 0.151. The van der Waals surface area contributed by atoms with Gasteiger partial charge in [-0.05, 0) is 55.9 Å². The van der Waals surface area contributed by atoms with Crippen LogP contribution in [-0.2, 0) is 0 Å². The van der Waals surface area contributed by atoms with Crippen LogP contribution in [0.3, 0.4) is 0 Å². The summed E-state index contributed by atoms with van der Waals surface area (Å²) >= 11 is 0. The van der Waals surface area contributed by atoms with Crippen LogP contribution in [0, 0.1) is 11.5 Å². The Morgan fingerprint density at radius 2 is 0.969 bits per heavy atom. The van der Waals surface area contributed by atoms with Crippen molar-refractivity contribution in [1.29, 1.82) is 0 Å². The summed E-state index contributed by atoms with van der Waals surface area (Å²) in [5.74, 6) is 3.44. The van der Waals surface area contributed by atoms with Gasteiger partial charge in [0.05, 0.1) is 0 Å². The molecule has 0 aliphatic rings. The van der Waals surface area contributed by atoms with Gasteiger partial charge in [-0.15, -0.1) is 5.54 Å². The van der Waals surface area contributed by atoms with Crippen LogP contribution in [0.4, 0.5) is 0 Å². The average Bonchev–Trinajstić information content (AvgIpc) is 2.81. The first-order valence-corrected chi connectivity index (χ1v) is 14.6. The van der Waals surface area contributed by atoms with E-state index in [9.17, 15) is 0 Å². The summed E-state index contributed by atoms with van der Waals surface area (Å²) in [6.07, 6.45) is 0. The molecule has 0 bridgehead atoms. The standard InChI is InChI=1S/C31H26Si/c1-32(2,3)21-20-23-12-11-15-25(22-23)31-28-18-9-7-16-26(28)30(24-13-5-4-6-14-24)27-17-8-10-19-29(27)31/h4-19,22H,1-3H3. The number of hydrogen-bond donors (Lipinski definition) is 0. The number of hydrogen-bond acceptors (Lipinski definition) is 0. The van der Waals surface area contributed by atoms with Gasteiger partial charge in [0.15, 0.2) is 0 Å². The molecule has 0 fully saturated rings. The Morgan fingerprint density at radius 1 is 0.500 bits per heavy atom. The summed E-state index contributed by atoms with van der Waals surface area (Å²) < 4.78 is 0.